The van der Waals surface area contributed by atoms with Crippen molar-refractivity contribution in [3.63, 3.8) is 0 Å². The van der Waals surface area contributed by atoms with Crippen molar-refractivity contribution >= 4 is 12.0 Å². The minimum atomic E-state index is -0.341. The Balaban J connectivity index is 1.80. The molecule has 82 valence electrons. The fraction of sp³-hybridized carbons (Fsp3) is 0.0909. The first-order valence-electron chi connectivity index (χ1n) is 4.83. The molecule has 0 saturated carbocycles. The molecule has 5 heteroatoms. The van der Waals surface area contributed by atoms with Gasteiger partial charge in [-0.2, -0.15) is 0 Å². The lowest BCUT2D eigenvalue weighted by molar-refractivity contribution is 0.251. The van der Waals surface area contributed by atoms with Gasteiger partial charge < -0.3 is 9.73 Å². The second-order valence-corrected chi connectivity index (χ2v) is 3.13. The van der Waals surface area contributed by atoms with Gasteiger partial charge in [-0.25, -0.2) is 9.78 Å². The minimum absolute atomic E-state index is 0.186. The molecule has 0 radical (unpaired) electrons. The lowest BCUT2D eigenvalue weighted by Crippen LogP contribution is -2.28. The van der Waals surface area contributed by atoms with E-state index >= 15 is 0 Å². The van der Waals surface area contributed by atoms with E-state index in [2.05, 4.69) is 15.6 Å². The highest BCUT2D eigenvalue weighted by Gasteiger charge is 2.03. The summed E-state index contributed by atoms with van der Waals surface area (Å²) < 4.78 is 4.87. The van der Waals surface area contributed by atoms with Gasteiger partial charge in [0.1, 0.15) is 6.26 Å². The predicted octanol–water partition coefficient (Wildman–Crippen LogP) is 2.00. The van der Waals surface area contributed by atoms with Gasteiger partial charge in [-0.05, 0) is 5.56 Å². The van der Waals surface area contributed by atoms with Gasteiger partial charge in [-0.15, -0.1) is 0 Å². The first kappa shape index (κ1) is 10.2. The van der Waals surface area contributed by atoms with E-state index in [4.69, 9.17) is 4.42 Å². The molecule has 0 aliphatic rings. The maximum atomic E-state index is 11.4. The second-order valence-electron chi connectivity index (χ2n) is 3.13. The lowest BCUT2D eigenvalue weighted by atomic mass is 10.2. The molecule has 1 heterocycles. The smallest absolute Gasteiger partial charge is 0.323 e. The molecule has 2 amide bonds. The fourth-order valence-corrected chi connectivity index (χ4v) is 1.20. The minimum Gasteiger partial charge on any atom is -0.432 e. The normalized spacial score (nSPS) is 9.75. The van der Waals surface area contributed by atoms with E-state index in [-0.39, 0.29) is 12.0 Å². The number of benzene rings is 1. The van der Waals surface area contributed by atoms with Crippen LogP contribution in [-0.2, 0) is 6.54 Å². The van der Waals surface area contributed by atoms with E-state index < -0.39 is 0 Å². The molecule has 0 atom stereocenters. The van der Waals surface area contributed by atoms with Crippen molar-refractivity contribution in [2.45, 2.75) is 6.54 Å². The standard InChI is InChI=1S/C11H11N3O2/c15-10(14-11-12-6-7-16-11)13-8-9-4-2-1-3-5-9/h1-7H,8H2,(H2,12,13,14,15). The number of hydrogen-bond acceptors (Lipinski definition) is 3. The molecular weight excluding hydrogens is 206 g/mol. The third-order valence-corrected chi connectivity index (χ3v) is 1.95. The van der Waals surface area contributed by atoms with Crippen LogP contribution in [0.5, 0.6) is 0 Å². The van der Waals surface area contributed by atoms with Crippen LogP contribution in [0.1, 0.15) is 5.56 Å². The van der Waals surface area contributed by atoms with E-state index in [0.29, 0.717) is 6.54 Å². The molecule has 0 bridgehead atoms. The third-order valence-electron chi connectivity index (χ3n) is 1.95. The maximum Gasteiger partial charge on any atom is 0.323 e. The molecule has 5 nitrogen and oxygen atoms in total. The Labute approximate surface area is 92.5 Å². The van der Waals surface area contributed by atoms with E-state index in [1.54, 1.807) is 0 Å². The van der Waals surface area contributed by atoms with Gasteiger partial charge in [-0.3, -0.25) is 5.32 Å². The van der Waals surface area contributed by atoms with Crippen LogP contribution >= 0.6 is 0 Å². The summed E-state index contributed by atoms with van der Waals surface area (Å²) >= 11 is 0. The van der Waals surface area contributed by atoms with Crippen molar-refractivity contribution in [2.24, 2.45) is 0 Å². The van der Waals surface area contributed by atoms with Crippen molar-refractivity contribution in [1.29, 1.82) is 0 Å². The van der Waals surface area contributed by atoms with Crippen molar-refractivity contribution in [3.05, 3.63) is 48.4 Å². The van der Waals surface area contributed by atoms with Crippen LogP contribution in [0.4, 0.5) is 10.8 Å². The first-order valence-corrected chi connectivity index (χ1v) is 4.83. The fourth-order valence-electron chi connectivity index (χ4n) is 1.20. The molecule has 1 aromatic heterocycles. The van der Waals surface area contributed by atoms with Gasteiger partial charge in [-0.1, -0.05) is 30.3 Å². The molecule has 0 aliphatic heterocycles. The van der Waals surface area contributed by atoms with Crippen molar-refractivity contribution in [2.75, 3.05) is 5.32 Å². The summed E-state index contributed by atoms with van der Waals surface area (Å²) in [6.45, 7) is 0.466. The summed E-state index contributed by atoms with van der Waals surface area (Å²) in [4.78, 5) is 15.1. The molecule has 16 heavy (non-hydrogen) atoms. The van der Waals surface area contributed by atoms with Crippen molar-refractivity contribution in [1.82, 2.24) is 10.3 Å². The van der Waals surface area contributed by atoms with Crippen molar-refractivity contribution < 1.29 is 9.21 Å². The topological polar surface area (TPSA) is 67.2 Å². The van der Waals surface area contributed by atoms with E-state index in [1.807, 2.05) is 30.3 Å². The van der Waals surface area contributed by atoms with Crippen LogP contribution in [0, 0.1) is 0 Å². The molecule has 2 rings (SSSR count). The Bertz CT molecular complexity index is 440. The zero-order valence-electron chi connectivity index (χ0n) is 8.51. The monoisotopic (exact) mass is 217 g/mol. The Morgan fingerprint density at radius 2 is 2.12 bits per heavy atom. The van der Waals surface area contributed by atoms with E-state index in [1.165, 1.54) is 12.5 Å². The largest absolute Gasteiger partial charge is 0.432 e. The number of urea groups is 1. The Morgan fingerprint density at radius 3 is 2.81 bits per heavy atom. The second kappa shape index (κ2) is 4.97. The molecule has 0 aliphatic carbocycles. The summed E-state index contributed by atoms with van der Waals surface area (Å²) in [6.07, 6.45) is 2.86. The Morgan fingerprint density at radius 1 is 1.31 bits per heavy atom. The van der Waals surface area contributed by atoms with E-state index in [0.717, 1.165) is 5.56 Å². The van der Waals surface area contributed by atoms with Crippen LogP contribution in [0.15, 0.2) is 47.2 Å². The molecule has 2 aromatic rings. The summed E-state index contributed by atoms with van der Waals surface area (Å²) in [7, 11) is 0. The quantitative estimate of drug-likeness (QED) is 0.826. The summed E-state index contributed by atoms with van der Waals surface area (Å²) in [5.41, 5.74) is 1.03. The maximum absolute atomic E-state index is 11.4. The van der Waals surface area contributed by atoms with Crippen LogP contribution in [0.3, 0.4) is 0 Å². The van der Waals surface area contributed by atoms with Crippen molar-refractivity contribution in [3.8, 4) is 0 Å². The van der Waals surface area contributed by atoms with Gasteiger partial charge in [0.15, 0.2) is 0 Å². The molecule has 0 saturated heterocycles. The SMILES string of the molecule is O=C(NCc1ccccc1)Nc1ncco1. The zero-order chi connectivity index (χ0) is 11.2. The molecule has 0 unspecified atom stereocenters. The number of carbonyl (C=O) groups is 1. The highest BCUT2D eigenvalue weighted by molar-refractivity contribution is 5.86. The number of carbonyl (C=O) groups excluding carboxylic acids is 1. The van der Waals surface area contributed by atoms with Gasteiger partial charge in [0, 0.05) is 6.54 Å². The highest BCUT2D eigenvalue weighted by atomic mass is 16.4. The average molecular weight is 217 g/mol. The number of nitrogens with zero attached hydrogens (tertiary/aromatic N) is 1. The molecule has 0 spiro atoms. The highest BCUT2D eigenvalue weighted by Crippen LogP contribution is 2.01. The lowest BCUT2D eigenvalue weighted by Gasteiger charge is -2.04. The van der Waals surface area contributed by atoms with Crippen LogP contribution < -0.4 is 10.6 Å². The zero-order valence-corrected chi connectivity index (χ0v) is 8.51. The van der Waals surface area contributed by atoms with Crippen LogP contribution in [-0.4, -0.2) is 11.0 Å². The van der Waals surface area contributed by atoms with Gasteiger partial charge in [0.05, 0.1) is 6.20 Å². The number of nitrogens with one attached hydrogen (secondary N) is 2. The van der Waals surface area contributed by atoms with Crippen LogP contribution in [0.25, 0.3) is 0 Å². The summed E-state index contributed by atoms with van der Waals surface area (Å²) in [5, 5.41) is 5.15. The van der Waals surface area contributed by atoms with Crippen LogP contribution in [0.2, 0.25) is 0 Å². The number of aromatic nitrogens is 1. The summed E-state index contributed by atoms with van der Waals surface area (Å²) in [6, 6.07) is 9.48. The van der Waals surface area contributed by atoms with Gasteiger partial charge in [0.25, 0.3) is 0 Å². The van der Waals surface area contributed by atoms with E-state index in [9.17, 15) is 4.79 Å². The number of oxazole rings is 1. The predicted molar refractivity (Wildman–Crippen MR) is 58.8 cm³/mol. The summed E-state index contributed by atoms with van der Waals surface area (Å²) in [5.74, 6) is 0. The average Bonchev–Trinajstić information content (AvgIpc) is 2.81. The molecular formula is C11H11N3O2. The molecule has 2 N–H and O–H groups in total. The number of hydrogen-bond donors (Lipinski definition) is 2. The third kappa shape index (κ3) is 2.84. The Kier molecular flexibility index (Phi) is 3.18. The van der Waals surface area contributed by atoms with Gasteiger partial charge in [0.2, 0.25) is 0 Å². The molecule has 0 fully saturated rings. The Hall–Kier alpha value is -2.30. The molecule has 1 aromatic carbocycles. The number of rotatable bonds is 3. The number of amides is 2. The number of anilines is 1. The van der Waals surface area contributed by atoms with Gasteiger partial charge >= 0.3 is 12.0 Å². The first-order chi connectivity index (χ1) is 7.84.